The third-order valence-corrected chi connectivity index (χ3v) is 1.28. The molecule has 1 aromatic carbocycles. The first-order valence-corrected chi connectivity index (χ1v) is 4.03. The molecule has 0 aliphatic heterocycles. The van der Waals surface area contributed by atoms with Crippen molar-refractivity contribution in [2.45, 2.75) is 20.8 Å². The molecule has 0 aromatic heterocycles. The molecule has 79 valence electrons. The van der Waals surface area contributed by atoms with E-state index in [0.29, 0.717) is 0 Å². The molecule has 0 heterocycles. The van der Waals surface area contributed by atoms with Crippen molar-refractivity contribution in [2.24, 2.45) is 0 Å². The van der Waals surface area contributed by atoms with Gasteiger partial charge in [-0.05, 0) is 38.0 Å². The SMILES string of the molecule is Cc1[c]c(C)cc(C)c1.F[B-](F)(F)F. The monoisotopic (exact) mass is 206 g/mol. The number of hydrogen-bond donors (Lipinski definition) is 0. The van der Waals surface area contributed by atoms with E-state index >= 15 is 0 Å². The second-order valence-electron chi connectivity index (χ2n) is 3.02. The molecule has 5 heteroatoms. The number of benzene rings is 1. The normalized spacial score (nSPS) is 10.5. The molecule has 0 unspecified atom stereocenters. The molecule has 1 radical (unpaired) electrons. The van der Waals surface area contributed by atoms with E-state index in [2.05, 4.69) is 39.0 Å². The second-order valence-corrected chi connectivity index (χ2v) is 3.02. The summed E-state index contributed by atoms with van der Waals surface area (Å²) < 4.78 is 39.0. The zero-order valence-corrected chi connectivity index (χ0v) is 8.24. The highest BCUT2D eigenvalue weighted by Gasteiger charge is 2.20. The van der Waals surface area contributed by atoms with E-state index in [9.17, 15) is 17.3 Å². The zero-order chi connectivity index (χ0) is 11.4. The Labute approximate surface area is 81.0 Å². The average molecular weight is 206 g/mol. The topological polar surface area (TPSA) is 0 Å². The van der Waals surface area contributed by atoms with Gasteiger partial charge in [-0.2, -0.15) is 0 Å². The summed E-state index contributed by atoms with van der Waals surface area (Å²) in [5.41, 5.74) is 3.78. The van der Waals surface area contributed by atoms with Crippen LogP contribution in [-0.4, -0.2) is 7.25 Å². The number of aryl methyl sites for hydroxylation is 3. The van der Waals surface area contributed by atoms with Crippen LogP contribution in [0.5, 0.6) is 0 Å². The van der Waals surface area contributed by atoms with Crippen molar-refractivity contribution in [3.05, 3.63) is 34.9 Å². The van der Waals surface area contributed by atoms with Gasteiger partial charge in [0.05, 0.1) is 0 Å². The summed E-state index contributed by atoms with van der Waals surface area (Å²) in [6.07, 6.45) is 0. The van der Waals surface area contributed by atoms with Crippen molar-refractivity contribution in [1.82, 2.24) is 0 Å². The Hall–Kier alpha value is -0.995. The Morgan fingerprint density at radius 1 is 0.929 bits per heavy atom. The van der Waals surface area contributed by atoms with Crippen LogP contribution in [0.15, 0.2) is 12.1 Å². The first-order chi connectivity index (χ1) is 6.18. The quantitative estimate of drug-likeness (QED) is 0.448. The number of hydrogen-bond acceptors (Lipinski definition) is 0. The highest BCUT2D eigenvalue weighted by molar-refractivity contribution is 6.50. The van der Waals surface area contributed by atoms with E-state index in [0.717, 1.165) is 0 Å². The minimum Gasteiger partial charge on any atom is -0.418 e. The van der Waals surface area contributed by atoms with Crippen LogP contribution in [-0.2, 0) is 0 Å². The fourth-order valence-corrected chi connectivity index (χ4v) is 1.11. The summed E-state index contributed by atoms with van der Waals surface area (Å²) >= 11 is 0. The molecule has 14 heavy (non-hydrogen) atoms. The number of halogens is 4. The molecule has 1 aromatic rings. The molecule has 0 amide bonds. The molecule has 0 nitrogen and oxygen atoms in total. The number of rotatable bonds is 0. The van der Waals surface area contributed by atoms with Gasteiger partial charge in [0.25, 0.3) is 0 Å². The molecular weight excluding hydrogens is 195 g/mol. The molecule has 0 spiro atoms. The smallest absolute Gasteiger partial charge is 0.418 e. The molecule has 0 saturated heterocycles. The van der Waals surface area contributed by atoms with Crippen LogP contribution in [0, 0.1) is 26.8 Å². The Balaban J connectivity index is 0.000000292. The third-order valence-electron chi connectivity index (χ3n) is 1.28. The molecule has 0 atom stereocenters. The maximum atomic E-state index is 9.75. The van der Waals surface area contributed by atoms with Crippen molar-refractivity contribution < 1.29 is 17.3 Å². The molecule has 0 N–H and O–H groups in total. The van der Waals surface area contributed by atoms with Gasteiger partial charge >= 0.3 is 7.25 Å². The molecule has 0 fully saturated rings. The Morgan fingerprint density at radius 2 is 1.21 bits per heavy atom. The standard InChI is InChI=1S/C9H11.BF4/c1-7-4-8(2)6-9(3)5-7;2-1(3,4)5/h4-5H,1-3H3;/q;-1. The first kappa shape index (κ1) is 13.0. The lowest BCUT2D eigenvalue weighted by Gasteiger charge is -1.96. The fourth-order valence-electron chi connectivity index (χ4n) is 1.11. The Bertz CT molecular complexity index is 237. The van der Waals surface area contributed by atoms with E-state index in [1.807, 2.05) is 0 Å². The van der Waals surface area contributed by atoms with Gasteiger partial charge in [0.15, 0.2) is 0 Å². The summed E-state index contributed by atoms with van der Waals surface area (Å²) in [4.78, 5) is 0. The van der Waals surface area contributed by atoms with E-state index in [1.165, 1.54) is 16.7 Å². The minimum absolute atomic E-state index is 1.23. The van der Waals surface area contributed by atoms with E-state index in [4.69, 9.17) is 0 Å². The van der Waals surface area contributed by atoms with Crippen LogP contribution in [0.25, 0.3) is 0 Å². The van der Waals surface area contributed by atoms with Crippen LogP contribution < -0.4 is 0 Å². The molecule has 0 saturated carbocycles. The van der Waals surface area contributed by atoms with Crippen molar-refractivity contribution in [2.75, 3.05) is 0 Å². The summed E-state index contributed by atoms with van der Waals surface area (Å²) in [5, 5.41) is 0. The third kappa shape index (κ3) is 9.10. The second kappa shape index (κ2) is 5.03. The summed E-state index contributed by atoms with van der Waals surface area (Å²) in [6.45, 7) is 6.24. The maximum Gasteiger partial charge on any atom is 0.673 e. The zero-order valence-electron chi connectivity index (χ0n) is 8.24. The minimum atomic E-state index is -6.00. The summed E-state index contributed by atoms with van der Waals surface area (Å²) in [5.74, 6) is 0. The Morgan fingerprint density at radius 3 is 1.43 bits per heavy atom. The van der Waals surface area contributed by atoms with Gasteiger partial charge < -0.3 is 17.3 Å². The van der Waals surface area contributed by atoms with Crippen LogP contribution in [0.3, 0.4) is 0 Å². The molecule has 0 bridgehead atoms. The van der Waals surface area contributed by atoms with E-state index in [-0.39, 0.29) is 0 Å². The average Bonchev–Trinajstić information content (AvgIpc) is 1.77. The van der Waals surface area contributed by atoms with Gasteiger partial charge in [-0.15, -0.1) is 0 Å². The van der Waals surface area contributed by atoms with E-state index in [1.54, 1.807) is 0 Å². The van der Waals surface area contributed by atoms with Crippen LogP contribution in [0.1, 0.15) is 16.7 Å². The van der Waals surface area contributed by atoms with E-state index < -0.39 is 7.25 Å². The van der Waals surface area contributed by atoms with Crippen LogP contribution >= 0.6 is 0 Å². The van der Waals surface area contributed by atoms with Crippen molar-refractivity contribution in [3.8, 4) is 0 Å². The molecular formula is C9H11BF4-. The molecule has 0 aliphatic rings. The lowest BCUT2D eigenvalue weighted by Crippen LogP contribution is -2.02. The largest absolute Gasteiger partial charge is 0.673 e. The van der Waals surface area contributed by atoms with Gasteiger partial charge in [-0.3, -0.25) is 0 Å². The van der Waals surface area contributed by atoms with Crippen LogP contribution in [0.2, 0.25) is 0 Å². The predicted molar refractivity (Wildman–Crippen MR) is 49.7 cm³/mol. The Kier molecular flexibility index (Phi) is 4.67. The fraction of sp³-hybridized carbons (Fsp3) is 0.333. The lowest BCUT2D eigenvalue weighted by molar-refractivity contribution is 0.368. The van der Waals surface area contributed by atoms with Gasteiger partial charge in [-0.1, -0.05) is 17.7 Å². The summed E-state index contributed by atoms with van der Waals surface area (Å²) in [7, 11) is -6.00. The first-order valence-electron chi connectivity index (χ1n) is 4.03. The van der Waals surface area contributed by atoms with Crippen LogP contribution in [0.4, 0.5) is 17.3 Å². The van der Waals surface area contributed by atoms with Crippen molar-refractivity contribution >= 4 is 7.25 Å². The predicted octanol–water partition coefficient (Wildman–Crippen LogP) is 3.71. The van der Waals surface area contributed by atoms with Gasteiger partial charge in [0.1, 0.15) is 0 Å². The lowest BCUT2D eigenvalue weighted by atomic mass is 10.1. The van der Waals surface area contributed by atoms with Gasteiger partial charge in [0.2, 0.25) is 0 Å². The highest BCUT2D eigenvalue weighted by Crippen LogP contribution is 2.06. The highest BCUT2D eigenvalue weighted by atomic mass is 19.5. The van der Waals surface area contributed by atoms with Crippen molar-refractivity contribution in [3.63, 3.8) is 0 Å². The van der Waals surface area contributed by atoms with Crippen molar-refractivity contribution in [1.29, 1.82) is 0 Å². The summed E-state index contributed by atoms with van der Waals surface area (Å²) in [6, 6.07) is 7.47. The maximum absolute atomic E-state index is 9.75. The van der Waals surface area contributed by atoms with Gasteiger partial charge in [0, 0.05) is 0 Å². The van der Waals surface area contributed by atoms with Gasteiger partial charge in [-0.25, -0.2) is 0 Å². The molecule has 1 rings (SSSR count). The molecule has 0 aliphatic carbocycles.